The minimum Gasteiger partial charge on any atom is -0.342 e. The van der Waals surface area contributed by atoms with E-state index in [0.29, 0.717) is 16.9 Å². The molecule has 0 aromatic carbocycles. The van der Waals surface area contributed by atoms with Crippen molar-refractivity contribution < 1.29 is 22.8 Å². The molecule has 4 rings (SSSR count). The number of halogens is 4. The lowest BCUT2D eigenvalue weighted by atomic mass is 10.2. The van der Waals surface area contributed by atoms with Crippen LogP contribution in [0.25, 0.3) is 5.82 Å². The van der Waals surface area contributed by atoms with Crippen LogP contribution >= 0.6 is 22.9 Å². The molecule has 0 bridgehead atoms. The number of pyridine rings is 2. The summed E-state index contributed by atoms with van der Waals surface area (Å²) >= 11 is 6.53. The third-order valence-electron chi connectivity index (χ3n) is 4.81. The third-order valence-corrected chi connectivity index (χ3v) is 6.29. The predicted molar refractivity (Wildman–Crippen MR) is 126 cm³/mol. The van der Waals surface area contributed by atoms with Crippen LogP contribution in [0.1, 0.15) is 49.4 Å². The number of amides is 2. The Bertz CT molecular complexity index is 1440. The van der Waals surface area contributed by atoms with Crippen LogP contribution in [0.4, 0.5) is 19.0 Å². The number of nitrogens with one attached hydrogen (secondary N) is 2. The van der Waals surface area contributed by atoms with E-state index in [1.807, 2.05) is 6.92 Å². The summed E-state index contributed by atoms with van der Waals surface area (Å²) in [5.41, 5.74) is -0.136. The molecule has 0 fully saturated rings. The molecule has 1 unspecified atom stereocenters. The Labute approximate surface area is 211 Å². The van der Waals surface area contributed by atoms with E-state index in [0.717, 1.165) is 23.2 Å². The van der Waals surface area contributed by atoms with Crippen LogP contribution in [0.5, 0.6) is 0 Å². The Hall–Kier alpha value is -3.84. The molecule has 4 aromatic rings. The Kier molecular flexibility index (Phi) is 7.04. The summed E-state index contributed by atoms with van der Waals surface area (Å²) in [6, 6.07) is 5.07. The number of nitrogens with zero attached hydrogens (tertiary/aromatic N) is 5. The van der Waals surface area contributed by atoms with Gasteiger partial charge in [0.05, 0.1) is 28.5 Å². The summed E-state index contributed by atoms with van der Waals surface area (Å²) < 4.78 is 40.8. The smallest absolute Gasteiger partial charge is 0.342 e. The second kappa shape index (κ2) is 10.0. The molecule has 0 radical (unpaired) electrons. The molecule has 4 heterocycles. The zero-order valence-electron chi connectivity index (χ0n) is 18.7. The second-order valence-corrected chi connectivity index (χ2v) is 9.03. The number of rotatable bonds is 6. The molecule has 186 valence electrons. The van der Waals surface area contributed by atoms with Gasteiger partial charge in [-0.2, -0.15) is 13.2 Å². The fourth-order valence-corrected chi connectivity index (χ4v) is 4.09. The monoisotopic (exact) mass is 535 g/mol. The molecule has 0 saturated heterocycles. The quantitative estimate of drug-likeness (QED) is 0.365. The molecule has 1 atom stereocenters. The fraction of sp³-hybridized carbons (Fsp3) is 0.182. The van der Waals surface area contributed by atoms with E-state index in [1.165, 1.54) is 6.20 Å². The van der Waals surface area contributed by atoms with Gasteiger partial charge in [-0.15, -0.1) is 11.3 Å². The van der Waals surface area contributed by atoms with Crippen molar-refractivity contribution in [3.05, 3.63) is 81.0 Å². The molecule has 0 aliphatic rings. The summed E-state index contributed by atoms with van der Waals surface area (Å²) in [5.74, 6) is -0.946. The number of hydrogen-bond donors (Lipinski definition) is 2. The van der Waals surface area contributed by atoms with E-state index in [-0.39, 0.29) is 16.4 Å². The van der Waals surface area contributed by atoms with E-state index in [1.54, 1.807) is 42.2 Å². The zero-order chi connectivity index (χ0) is 26.0. The maximum absolute atomic E-state index is 13.0. The van der Waals surface area contributed by atoms with E-state index in [4.69, 9.17) is 11.6 Å². The topological polar surface area (TPSA) is 115 Å². The van der Waals surface area contributed by atoms with Crippen molar-refractivity contribution in [3.8, 4) is 5.82 Å². The number of alkyl halides is 3. The normalized spacial score (nSPS) is 12.3. The Balaban J connectivity index is 1.43. The minimum atomic E-state index is -4.70. The van der Waals surface area contributed by atoms with Crippen LogP contribution in [-0.2, 0) is 6.18 Å². The molecule has 9 nitrogen and oxygen atoms in total. The molecule has 2 amide bonds. The standard InChI is InChI=1S/C22H17ClF3N7O2S/c1-11-9-33(10-29-11)18-5-3-4-15(31-18)19(34)30-12(2)21-28-8-16(36-21)20(35)32-17-6-13(22(24,25)26)14(23)7-27-17/h3-10,12H,1-2H3,(H,30,34)(H,27,32,35). The first kappa shape index (κ1) is 25.3. The second-order valence-electron chi connectivity index (χ2n) is 7.56. The highest BCUT2D eigenvalue weighted by molar-refractivity contribution is 7.13. The number of aromatic nitrogens is 5. The number of thiazole rings is 1. The van der Waals surface area contributed by atoms with Crippen LogP contribution in [0.3, 0.4) is 0 Å². The molecule has 0 aliphatic heterocycles. The molecular formula is C22H17ClF3N7O2S. The van der Waals surface area contributed by atoms with Crippen molar-refractivity contribution in [2.24, 2.45) is 0 Å². The molecule has 0 spiro atoms. The van der Waals surface area contributed by atoms with Crippen LogP contribution in [0.15, 0.2) is 49.2 Å². The van der Waals surface area contributed by atoms with Gasteiger partial charge < -0.3 is 10.6 Å². The van der Waals surface area contributed by atoms with E-state index >= 15 is 0 Å². The Morgan fingerprint density at radius 1 is 1.14 bits per heavy atom. The van der Waals surface area contributed by atoms with Crippen molar-refractivity contribution in [2.45, 2.75) is 26.1 Å². The van der Waals surface area contributed by atoms with Gasteiger partial charge >= 0.3 is 6.18 Å². The number of anilines is 1. The van der Waals surface area contributed by atoms with Crippen LogP contribution < -0.4 is 10.6 Å². The van der Waals surface area contributed by atoms with Crippen LogP contribution in [0.2, 0.25) is 5.02 Å². The summed E-state index contributed by atoms with van der Waals surface area (Å²) in [6.45, 7) is 3.51. The molecule has 0 saturated carbocycles. The van der Waals surface area contributed by atoms with Gasteiger partial charge in [-0.3, -0.25) is 14.2 Å². The SMILES string of the molecule is Cc1cn(-c2cccc(C(=O)NC(C)c3ncc(C(=O)Nc4cc(C(F)(F)F)c(Cl)cn4)s3)n2)cn1. The van der Waals surface area contributed by atoms with E-state index < -0.39 is 34.6 Å². The van der Waals surface area contributed by atoms with Crippen LogP contribution in [0, 0.1) is 6.92 Å². The highest BCUT2D eigenvalue weighted by atomic mass is 35.5. The van der Waals surface area contributed by atoms with Crippen molar-refractivity contribution >= 4 is 40.6 Å². The van der Waals surface area contributed by atoms with E-state index in [9.17, 15) is 22.8 Å². The van der Waals surface area contributed by atoms with Gasteiger partial charge in [0, 0.05) is 12.4 Å². The number of hydrogen-bond acceptors (Lipinski definition) is 7. The molecular weight excluding hydrogens is 519 g/mol. The fourth-order valence-electron chi connectivity index (χ4n) is 3.07. The Morgan fingerprint density at radius 2 is 1.92 bits per heavy atom. The average Bonchev–Trinajstić information content (AvgIpc) is 3.49. The number of imidazole rings is 1. The maximum atomic E-state index is 13.0. The summed E-state index contributed by atoms with van der Waals surface area (Å²) in [5, 5.41) is 4.90. The summed E-state index contributed by atoms with van der Waals surface area (Å²) in [7, 11) is 0. The minimum absolute atomic E-state index is 0.118. The first-order valence-corrected chi connectivity index (χ1v) is 11.5. The van der Waals surface area contributed by atoms with Gasteiger partial charge in [0.1, 0.15) is 33.5 Å². The third kappa shape index (κ3) is 5.69. The van der Waals surface area contributed by atoms with Gasteiger partial charge in [-0.1, -0.05) is 17.7 Å². The van der Waals surface area contributed by atoms with Gasteiger partial charge in [0.25, 0.3) is 11.8 Å². The number of carbonyl (C=O) groups excluding carboxylic acids is 2. The van der Waals surface area contributed by atoms with Gasteiger partial charge in [0.2, 0.25) is 0 Å². The first-order chi connectivity index (χ1) is 17.0. The first-order valence-electron chi connectivity index (χ1n) is 10.3. The molecule has 2 N–H and O–H groups in total. The lowest BCUT2D eigenvalue weighted by Gasteiger charge is -2.11. The van der Waals surface area contributed by atoms with Crippen molar-refractivity contribution in [2.75, 3.05) is 5.32 Å². The number of carbonyl (C=O) groups is 2. The average molecular weight is 536 g/mol. The van der Waals surface area contributed by atoms with Crippen molar-refractivity contribution in [1.82, 2.24) is 29.8 Å². The summed E-state index contributed by atoms with van der Waals surface area (Å²) in [6.07, 6.45) is 0.744. The molecule has 14 heteroatoms. The van der Waals surface area contributed by atoms with Gasteiger partial charge in [-0.05, 0) is 32.0 Å². The van der Waals surface area contributed by atoms with Gasteiger partial charge in [0.15, 0.2) is 0 Å². The van der Waals surface area contributed by atoms with Gasteiger partial charge in [-0.25, -0.2) is 19.9 Å². The molecule has 4 aromatic heterocycles. The largest absolute Gasteiger partial charge is 0.418 e. The number of aryl methyl sites for hydroxylation is 1. The van der Waals surface area contributed by atoms with Crippen molar-refractivity contribution in [1.29, 1.82) is 0 Å². The summed E-state index contributed by atoms with van der Waals surface area (Å²) in [4.78, 5) is 41.7. The highest BCUT2D eigenvalue weighted by Crippen LogP contribution is 2.35. The van der Waals surface area contributed by atoms with E-state index in [2.05, 4.69) is 30.6 Å². The molecule has 36 heavy (non-hydrogen) atoms. The van der Waals surface area contributed by atoms with Crippen LogP contribution in [-0.4, -0.2) is 36.3 Å². The zero-order valence-corrected chi connectivity index (χ0v) is 20.2. The predicted octanol–water partition coefficient (Wildman–Crippen LogP) is 4.84. The lowest BCUT2D eigenvalue weighted by molar-refractivity contribution is -0.137. The molecule has 0 aliphatic carbocycles. The highest BCUT2D eigenvalue weighted by Gasteiger charge is 2.34. The lowest BCUT2D eigenvalue weighted by Crippen LogP contribution is -2.27. The Morgan fingerprint density at radius 3 is 2.61 bits per heavy atom. The maximum Gasteiger partial charge on any atom is 0.418 e. The van der Waals surface area contributed by atoms with Crippen molar-refractivity contribution in [3.63, 3.8) is 0 Å².